The van der Waals surface area contributed by atoms with Crippen LogP contribution in [0.1, 0.15) is 38.3 Å². The van der Waals surface area contributed by atoms with Crippen molar-refractivity contribution in [2.24, 2.45) is 5.92 Å². The summed E-state index contributed by atoms with van der Waals surface area (Å²) in [5.74, 6) is -2.26. The van der Waals surface area contributed by atoms with Crippen molar-refractivity contribution in [1.29, 1.82) is 0 Å². The molecule has 134 valence electrons. The van der Waals surface area contributed by atoms with Crippen molar-refractivity contribution < 1.29 is 13.2 Å². The van der Waals surface area contributed by atoms with Crippen LogP contribution in [-0.4, -0.2) is 31.1 Å². The highest BCUT2D eigenvalue weighted by atomic mass is 35.5. The molecule has 0 spiro atoms. The Labute approximate surface area is 148 Å². The van der Waals surface area contributed by atoms with Gasteiger partial charge in [0.15, 0.2) is 11.6 Å². The predicted molar refractivity (Wildman–Crippen MR) is 92.1 cm³/mol. The summed E-state index contributed by atoms with van der Waals surface area (Å²) in [6, 6.07) is 1.49. The zero-order valence-corrected chi connectivity index (χ0v) is 15.1. The fourth-order valence-electron chi connectivity index (χ4n) is 2.84. The summed E-state index contributed by atoms with van der Waals surface area (Å²) in [5.41, 5.74) is 0.148. The second-order valence-corrected chi connectivity index (χ2v) is 6.06. The van der Waals surface area contributed by atoms with Crippen LogP contribution in [0.25, 0.3) is 0 Å². The molecule has 0 amide bonds. The first-order valence-electron chi connectivity index (χ1n) is 7.58. The smallest absolute Gasteiger partial charge is 0.163 e. The zero-order valence-electron chi connectivity index (χ0n) is 13.4. The van der Waals surface area contributed by atoms with Crippen molar-refractivity contribution in [2.45, 2.75) is 32.7 Å². The molecule has 1 aliphatic rings. The first-order valence-corrected chi connectivity index (χ1v) is 7.58. The van der Waals surface area contributed by atoms with Gasteiger partial charge in [0, 0.05) is 43.9 Å². The summed E-state index contributed by atoms with van der Waals surface area (Å²) in [4.78, 5) is 2.12. The highest BCUT2D eigenvalue weighted by molar-refractivity contribution is 5.85. The van der Waals surface area contributed by atoms with E-state index in [1.54, 1.807) is 0 Å². The van der Waals surface area contributed by atoms with E-state index in [1.165, 1.54) is 0 Å². The molecule has 1 N–H and O–H groups in total. The van der Waals surface area contributed by atoms with E-state index < -0.39 is 17.5 Å². The normalized spacial score (nSPS) is 16.6. The molecule has 1 saturated heterocycles. The van der Waals surface area contributed by atoms with Crippen LogP contribution in [0.5, 0.6) is 0 Å². The third-order valence-electron chi connectivity index (χ3n) is 3.99. The second kappa shape index (κ2) is 10.4. The van der Waals surface area contributed by atoms with Gasteiger partial charge < -0.3 is 5.32 Å². The van der Waals surface area contributed by atoms with E-state index in [0.29, 0.717) is 18.4 Å². The number of hydrogen-bond acceptors (Lipinski definition) is 2. The summed E-state index contributed by atoms with van der Waals surface area (Å²) in [5, 5.41) is 3.24. The van der Waals surface area contributed by atoms with Gasteiger partial charge in [-0.05, 0) is 24.8 Å². The van der Waals surface area contributed by atoms with Crippen molar-refractivity contribution in [2.75, 3.05) is 26.2 Å². The Morgan fingerprint density at radius 2 is 1.65 bits per heavy atom. The van der Waals surface area contributed by atoms with Gasteiger partial charge in [0.25, 0.3) is 0 Å². The zero-order chi connectivity index (χ0) is 15.4. The maximum Gasteiger partial charge on any atom is 0.163 e. The summed E-state index contributed by atoms with van der Waals surface area (Å²) in [7, 11) is 0. The highest BCUT2D eigenvalue weighted by Gasteiger charge is 2.26. The van der Waals surface area contributed by atoms with Gasteiger partial charge in [-0.1, -0.05) is 13.8 Å². The van der Waals surface area contributed by atoms with Crippen LogP contribution in [0, 0.1) is 23.4 Å². The van der Waals surface area contributed by atoms with Crippen molar-refractivity contribution in [3.63, 3.8) is 0 Å². The lowest BCUT2D eigenvalue weighted by molar-refractivity contribution is 0.155. The average molecular weight is 373 g/mol. The van der Waals surface area contributed by atoms with Gasteiger partial charge in [-0.15, -0.1) is 24.8 Å². The number of piperazine rings is 1. The maximum absolute atomic E-state index is 14.1. The molecule has 0 aliphatic carbocycles. The number of benzene rings is 1. The third-order valence-corrected chi connectivity index (χ3v) is 3.99. The molecule has 1 atom stereocenters. The molecule has 0 aromatic heterocycles. The van der Waals surface area contributed by atoms with E-state index in [0.717, 1.165) is 38.7 Å². The Balaban J connectivity index is 0.00000242. The molecule has 0 unspecified atom stereocenters. The Morgan fingerprint density at radius 1 is 1.04 bits per heavy atom. The minimum atomic E-state index is -1.10. The molecule has 2 nitrogen and oxygen atoms in total. The predicted octanol–water partition coefficient (Wildman–Crippen LogP) is 4.33. The standard InChI is InChI=1S/C16H23F3N2.2ClH/c1-11(2)3-4-15(21-7-5-20-6-8-21)13-9-12(17)10-14(18)16(13)19;;/h9-11,15,20H,3-8H2,1-2H3;2*1H/t15-;;/m0../s1. The number of nitrogens with one attached hydrogen (secondary N) is 1. The van der Waals surface area contributed by atoms with Crippen molar-refractivity contribution in [3.8, 4) is 0 Å². The van der Waals surface area contributed by atoms with Gasteiger partial charge in [0.05, 0.1) is 0 Å². The Kier molecular flexibility index (Phi) is 10.2. The van der Waals surface area contributed by atoms with E-state index in [9.17, 15) is 13.2 Å². The quantitative estimate of drug-likeness (QED) is 0.773. The summed E-state index contributed by atoms with van der Waals surface area (Å²) >= 11 is 0. The minimum Gasteiger partial charge on any atom is -0.314 e. The van der Waals surface area contributed by atoms with Crippen molar-refractivity contribution in [3.05, 3.63) is 35.1 Å². The van der Waals surface area contributed by atoms with Crippen LogP contribution >= 0.6 is 24.8 Å². The molecule has 0 saturated carbocycles. The topological polar surface area (TPSA) is 15.3 Å². The summed E-state index contributed by atoms with van der Waals surface area (Å²) in [6.07, 6.45) is 1.60. The molecule has 1 aromatic carbocycles. The fraction of sp³-hybridized carbons (Fsp3) is 0.625. The largest absolute Gasteiger partial charge is 0.314 e. The number of halogens is 5. The molecule has 7 heteroatoms. The highest BCUT2D eigenvalue weighted by Crippen LogP contribution is 2.31. The fourth-order valence-corrected chi connectivity index (χ4v) is 2.84. The van der Waals surface area contributed by atoms with Gasteiger partial charge in [-0.3, -0.25) is 4.90 Å². The van der Waals surface area contributed by atoms with Gasteiger partial charge in [0.2, 0.25) is 0 Å². The second-order valence-electron chi connectivity index (χ2n) is 6.06. The van der Waals surface area contributed by atoms with Gasteiger partial charge in [-0.2, -0.15) is 0 Å². The lowest BCUT2D eigenvalue weighted by atomic mass is 9.95. The van der Waals surface area contributed by atoms with Crippen LogP contribution in [0.4, 0.5) is 13.2 Å². The molecule has 0 bridgehead atoms. The summed E-state index contributed by atoms with van der Waals surface area (Å²) in [6.45, 7) is 7.35. The lowest BCUT2D eigenvalue weighted by Gasteiger charge is -2.35. The Morgan fingerprint density at radius 3 is 2.22 bits per heavy atom. The van der Waals surface area contributed by atoms with E-state index in [4.69, 9.17) is 0 Å². The molecule has 23 heavy (non-hydrogen) atoms. The number of hydrogen-bond donors (Lipinski definition) is 1. The molecular weight excluding hydrogens is 348 g/mol. The molecule has 1 fully saturated rings. The van der Waals surface area contributed by atoms with Crippen molar-refractivity contribution >= 4 is 24.8 Å². The monoisotopic (exact) mass is 372 g/mol. The van der Waals surface area contributed by atoms with E-state index >= 15 is 0 Å². The first kappa shape index (κ1) is 22.5. The molecular formula is C16H25Cl2F3N2. The Bertz CT molecular complexity index is 481. The van der Waals surface area contributed by atoms with Gasteiger partial charge >= 0.3 is 0 Å². The van der Waals surface area contributed by atoms with E-state index in [1.807, 2.05) is 0 Å². The Hall–Kier alpha value is -0.490. The first-order chi connectivity index (χ1) is 9.99. The number of nitrogens with zero attached hydrogens (tertiary/aromatic N) is 1. The number of rotatable bonds is 5. The van der Waals surface area contributed by atoms with Crippen LogP contribution < -0.4 is 5.32 Å². The van der Waals surface area contributed by atoms with Crippen molar-refractivity contribution in [1.82, 2.24) is 10.2 Å². The third kappa shape index (κ3) is 6.14. The van der Waals surface area contributed by atoms with Gasteiger partial charge in [-0.25, -0.2) is 13.2 Å². The summed E-state index contributed by atoms with van der Waals surface area (Å²) < 4.78 is 41.1. The molecule has 2 rings (SSSR count). The van der Waals surface area contributed by atoms with E-state index in [-0.39, 0.29) is 36.4 Å². The molecule has 1 aliphatic heterocycles. The SMILES string of the molecule is CC(C)CC[C@@H](c1cc(F)cc(F)c1F)N1CCNCC1.Cl.Cl. The van der Waals surface area contributed by atoms with Crippen LogP contribution in [0.2, 0.25) is 0 Å². The molecule has 1 heterocycles. The molecule has 1 aromatic rings. The average Bonchev–Trinajstić information content (AvgIpc) is 2.45. The van der Waals surface area contributed by atoms with Gasteiger partial charge in [0.1, 0.15) is 5.82 Å². The van der Waals surface area contributed by atoms with Crippen LogP contribution in [0.3, 0.4) is 0 Å². The minimum absolute atomic E-state index is 0. The molecule has 0 radical (unpaired) electrons. The maximum atomic E-state index is 14.1. The van der Waals surface area contributed by atoms with Crippen LogP contribution in [0.15, 0.2) is 12.1 Å². The van der Waals surface area contributed by atoms with E-state index in [2.05, 4.69) is 24.1 Å². The van der Waals surface area contributed by atoms with Crippen LogP contribution in [-0.2, 0) is 0 Å². The lowest BCUT2D eigenvalue weighted by Crippen LogP contribution is -2.45.